The zero-order chi connectivity index (χ0) is 9.40. The lowest BCUT2D eigenvalue weighted by molar-refractivity contribution is 0.449. The largest absolute Gasteiger partial charge is 0.501 e. The first-order valence-corrected chi connectivity index (χ1v) is 8.36. The van der Waals surface area contributed by atoms with Crippen molar-refractivity contribution >= 4 is 28.3 Å². The fourth-order valence-electron chi connectivity index (χ4n) is 1.44. The smallest absolute Gasteiger partial charge is 0.346 e. The lowest BCUT2D eigenvalue weighted by Crippen LogP contribution is -1.97. The summed E-state index contributed by atoms with van der Waals surface area (Å²) < 4.78 is 1.32. The average molecular weight is 201 g/mol. The van der Waals surface area contributed by atoms with Gasteiger partial charge in [-0.2, -0.15) is 0 Å². The van der Waals surface area contributed by atoms with Crippen molar-refractivity contribution in [3.63, 3.8) is 0 Å². The highest BCUT2D eigenvalue weighted by Crippen LogP contribution is 2.16. The third-order valence-corrected chi connectivity index (χ3v) is 3.79. The molecule has 0 aliphatic carbocycles. The lowest BCUT2D eigenvalue weighted by atomic mass is 9.98. The van der Waals surface area contributed by atoms with Crippen molar-refractivity contribution in [3.8, 4) is 0 Å². The Morgan fingerprint density at radius 1 is 1.08 bits per heavy atom. The second-order valence-electron chi connectivity index (χ2n) is 4.26. The van der Waals surface area contributed by atoms with E-state index in [0.29, 0.717) is 0 Å². The second-order valence-corrected chi connectivity index (χ2v) is 6.48. The van der Waals surface area contributed by atoms with Crippen molar-refractivity contribution in [2.75, 3.05) is 0 Å². The van der Waals surface area contributed by atoms with Gasteiger partial charge in [0.25, 0.3) is 0 Å². The summed E-state index contributed by atoms with van der Waals surface area (Å²) in [7, 11) is 5.77. The molecule has 0 nitrogen and oxygen atoms in total. The highest BCUT2D eigenvalue weighted by molar-refractivity contribution is 6.93. The molecule has 0 aromatic rings. The Kier molecular flexibility index (Phi) is 9.41. The summed E-state index contributed by atoms with van der Waals surface area (Å²) in [6.45, 7) is 6.97. The maximum absolute atomic E-state index is 5.77. The summed E-state index contributed by atoms with van der Waals surface area (Å²) in [5, 5.41) is 0. The van der Waals surface area contributed by atoms with Crippen molar-refractivity contribution in [3.05, 3.63) is 0 Å². The molecule has 0 spiro atoms. The Labute approximate surface area is 90.9 Å². The first-order chi connectivity index (χ1) is 5.66. The van der Waals surface area contributed by atoms with E-state index in [4.69, 9.17) is 9.07 Å². The van der Waals surface area contributed by atoms with Gasteiger partial charge in [-0.25, -0.2) is 0 Å². The van der Waals surface area contributed by atoms with Gasteiger partial charge in [-0.3, -0.25) is 0 Å². The predicted octanol–water partition coefficient (Wildman–Crippen LogP) is 4.12. The van der Waals surface area contributed by atoms with Crippen molar-refractivity contribution in [2.45, 2.75) is 51.0 Å². The zero-order valence-corrected chi connectivity index (χ0v) is 10.9. The zero-order valence-electron chi connectivity index (χ0n) is 8.78. The highest BCUT2D eigenvalue weighted by atomic mass is 35.5. The minimum absolute atomic E-state index is 0.195. The van der Waals surface area contributed by atoms with Gasteiger partial charge < -0.3 is 9.07 Å². The van der Waals surface area contributed by atoms with Crippen LogP contribution in [0.3, 0.4) is 0 Å². The Morgan fingerprint density at radius 2 is 1.75 bits per heavy atom. The van der Waals surface area contributed by atoms with Crippen LogP contribution in [0.1, 0.15) is 46.5 Å². The molecule has 0 radical (unpaired) electrons. The van der Waals surface area contributed by atoms with E-state index in [1.807, 2.05) is 0 Å². The van der Waals surface area contributed by atoms with E-state index in [1.165, 1.54) is 30.2 Å². The second kappa shape index (κ2) is 8.65. The normalized spacial score (nSPS) is 13.1. The minimum Gasteiger partial charge on any atom is -0.346 e. The molecular weight excluding hydrogens is 180 g/mol. The molecule has 0 aromatic heterocycles. The van der Waals surface area contributed by atoms with Crippen molar-refractivity contribution in [1.29, 1.82) is 0 Å². The van der Waals surface area contributed by atoms with Crippen LogP contribution in [-0.2, 0) is 0 Å². The van der Waals surface area contributed by atoms with Gasteiger partial charge in [-0.1, -0.05) is 46.5 Å². The van der Waals surface area contributed by atoms with Crippen LogP contribution in [0.25, 0.3) is 0 Å². The van der Waals surface area contributed by atoms with Gasteiger partial charge >= 0.3 is 19.3 Å². The van der Waals surface area contributed by atoms with Crippen molar-refractivity contribution < 1.29 is 0 Å². The summed E-state index contributed by atoms with van der Waals surface area (Å²) >= 11 is -0.195. The summed E-state index contributed by atoms with van der Waals surface area (Å²) in [5.41, 5.74) is 0. The van der Waals surface area contributed by atoms with E-state index in [-0.39, 0.29) is 19.3 Å². The Bertz CT molecular complexity index is 93.8. The first kappa shape index (κ1) is 13.1. The van der Waals surface area contributed by atoms with Crippen LogP contribution in [-0.4, -0.2) is 19.3 Å². The molecule has 0 aliphatic heterocycles. The molecule has 0 aliphatic rings. The van der Waals surface area contributed by atoms with Gasteiger partial charge in [-0.05, 0) is 11.8 Å². The third-order valence-electron chi connectivity index (χ3n) is 2.31. The molecule has 1 atom stereocenters. The van der Waals surface area contributed by atoms with E-state index in [9.17, 15) is 0 Å². The van der Waals surface area contributed by atoms with E-state index in [0.717, 1.165) is 11.8 Å². The molecule has 0 bridgehead atoms. The molecule has 2 heteroatoms. The van der Waals surface area contributed by atoms with Gasteiger partial charge in [0.05, 0.1) is 0 Å². The Hall–Kier alpha value is 1.06. The Morgan fingerprint density at radius 3 is 2.25 bits per heavy atom. The molecule has 0 rings (SSSR count). The first-order valence-electron chi connectivity index (χ1n) is 5.22. The van der Waals surface area contributed by atoms with Crippen LogP contribution >= 0.6 is 9.07 Å². The molecule has 12 heavy (non-hydrogen) atoms. The van der Waals surface area contributed by atoms with E-state index in [2.05, 4.69) is 20.8 Å². The van der Waals surface area contributed by atoms with Crippen LogP contribution in [0, 0.1) is 11.8 Å². The van der Waals surface area contributed by atoms with E-state index < -0.39 is 0 Å². The maximum Gasteiger partial charge on any atom is 0.501 e. The Balaban J connectivity index is 3.13. The summed E-state index contributed by atoms with van der Waals surface area (Å²) in [6, 6.07) is 0. The van der Waals surface area contributed by atoms with Gasteiger partial charge in [0, 0.05) is 0 Å². The van der Waals surface area contributed by atoms with E-state index >= 15 is 0 Å². The predicted molar refractivity (Wildman–Crippen MR) is 58.9 cm³/mol. The fourth-order valence-corrected chi connectivity index (χ4v) is 2.76. The van der Waals surface area contributed by atoms with Gasteiger partial charge in [0.15, 0.2) is 0 Å². The van der Waals surface area contributed by atoms with Gasteiger partial charge in [-0.15, -0.1) is 4.55 Å². The monoisotopic (exact) mass is 200 g/mol. The standard InChI is InChI=1S/C10H21.ClH.Mg/c1-5-10(4)8-6-7-9(2)3;;/h9-10H,1,5-8H2,2-4H3;1H;/q;;+1/p-1. The molecule has 0 N–H and O–H groups in total. The van der Waals surface area contributed by atoms with Crippen molar-refractivity contribution in [2.24, 2.45) is 11.8 Å². The van der Waals surface area contributed by atoms with Gasteiger partial charge in [0.2, 0.25) is 0 Å². The summed E-state index contributed by atoms with van der Waals surface area (Å²) in [6.07, 6.45) is 5.57. The van der Waals surface area contributed by atoms with Gasteiger partial charge in [0.1, 0.15) is 0 Å². The minimum atomic E-state index is -0.195. The number of halogens is 1. The molecule has 70 valence electrons. The van der Waals surface area contributed by atoms with Crippen molar-refractivity contribution in [1.82, 2.24) is 0 Å². The molecule has 0 aromatic carbocycles. The molecule has 0 fully saturated rings. The molecule has 0 heterocycles. The topological polar surface area (TPSA) is 0 Å². The highest BCUT2D eigenvalue weighted by Gasteiger charge is 2.03. The van der Waals surface area contributed by atoms with Crippen LogP contribution < -0.4 is 0 Å². The van der Waals surface area contributed by atoms with Crippen LogP contribution in [0.4, 0.5) is 0 Å². The maximum atomic E-state index is 5.77. The summed E-state index contributed by atoms with van der Waals surface area (Å²) in [4.78, 5) is 0. The SMILES string of the molecule is CC(C)CCCC(C)C[CH2][Mg][Cl]. The average Bonchev–Trinajstić information content (AvgIpc) is 2.00. The molecule has 0 amide bonds. The molecule has 0 saturated carbocycles. The van der Waals surface area contributed by atoms with E-state index in [1.54, 1.807) is 0 Å². The molecular formula is C10H21ClMg. The van der Waals surface area contributed by atoms with Crippen LogP contribution in [0.2, 0.25) is 4.55 Å². The lowest BCUT2D eigenvalue weighted by Gasteiger charge is -2.10. The van der Waals surface area contributed by atoms with Crippen LogP contribution in [0.5, 0.6) is 0 Å². The molecule has 0 saturated heterocycles. The number of hydrogen-bond acceptors (Lipinski definition) is 0. The van der Waals surface area contributed by atoms with Crippen LogP contribution in [0.15, 0.2) is 0 Å². The number of hydrogen-bond donors (Lipinski definition) is 0. The number of rotatable bonds is 7. The quantitative estimate of drug-likeness (QED) is 0.543. The molecule has 1 unspecified atom stereocenters. The third kappa shape index (κ3) is 9.15. The fraction of sp³-hybridized carbons (Fsp3) is 1.00. The summed E-state index contributed by atoms with van der Waals surface area (Å²) in [5.74, 6) is 1.79.